The summed E-state index contributed by atoms with van der Waals surface area (Å²) in [6, 6.07) is 34.2. The van der Waals surface area contributed by atoms with Gasteiger partial charge in [0.2, 0.25) is 35.4 Å². The van der Waals surface area contributed by atoms with Crippen LogP contribution in [0.2, 0.25) is 0 Å². The third kappa shape index (κ3) is 13.5. The zero-order valence-corrected chi connectivity index (χ0v) is 40.0. The van der Waals surface area contributed by atoms with E-state index in [1.165, 1.54) is 23.5 Å². The maximum atomic E-state index is 14.2. The SMILES string of the molecule is CN(CCN(C)C(=O)[C@@H]1N[C@@H]([C@H](NC(=O)Cc2ccccc2)C(=O)NCc2ccccc2)SC1(C)C)C(=O)[C@@H]1N[C@@H]([C@H](NC(=O)Cc2ccccc2)C(=O)NCc2ccccc2)SC1(C)C. The Bertz CT molecular complexity index is 2130. The summed E-state index contributed by atoms with van der Waals surface area (Å²) in [5, 5.41) is 17.4. The first-order valence-electron chi connectivity index (χ1n) is 22.2. The van der Waals surface area contributed by atoms with Gasteiger partial charge in [0.15, 0.2) is 0 Å². The monoisotopic (exact) mass is 934 g/mol. The van der Waals surface area contributed by atoms with Crippen molar-refractivity contribution in [1.82, 2.24) is 41.7 Å². The summed E-state index contributed by atoms with van der Waals surface area (Å²) in [5.74, 6) is -1.83. The van der Waals surface area contributed by atoms with Gasteiger partial charge >= 0.3 is 0 Å². The summed E-state index contributed by atoms with van der Waals surface area (Å²) in [4.78, 5) is 86.0. The molecule has 0 aromatic heterocycles. The smallest absolute Gasteiger partial charge is 0.245 e. The number of hydrogen-bond donors (Lipinski definition) is 6. The fourth-order valence-electron chi connectivity index (χ4n) is 7.97. The van der Waals surface area contributed by atoms with Gasteiger partial charge in [-0.25, -0.2) is 0 Å². The van der Waals surface area contributed by atoms with Gasteiger partial charge in [0.25, 0.3) is 0 Å². The second-order valence-corrected chi connectivity index (χ2v) is 21.4. The Morgan fingerprint density at radius 1 is 0.515 bits per heavy atom. The van der Waals surface area contributed by atoms with Crippen molar-refractivity contribution in [3.8, 4) is 0 Å². The van der Waals surface area contributed by atoms with E-state index in [9.17, 15) is 28.8 Å². The first-order chi connectivity index (χ1) is 31.5. The number of likely N-dealkylation sites (N-methyl/N-ethyl adjacent to an activating group) is 2. The quantitative estimate of drug-likeness (QED) is 0.0814. The maximum Gasteiger partial charge on any atom is 0.245 e. The largest absolute Gasteiger partial charge is 0.350 e. The highest BCUT2D eigenvalue weighted by atomic mass is 32.2. The summed E-state index contributed by atoms with van der Waals surface area (Å²) in [7, 11) is 3.37. The molecule has 0 radical (unpaired) electrons. The van der Waals surface area contributed by atoms with E-state index in [-0.39, 0.29) is 74.5 Å². The van der Waals surface area contributed by atoms with Gasteiger partial charge in [0.05, 0.1) is 23.6 Å². The third-order valence-corrected chi connectivity index (χ3v) is 14.8. The molecule has 14 nitrogen and oxygen atoms in total. The predicted octanol–water partition coefficient (Wildman–Crippen LogP) is 3.61. The fourth-order valence-corrected chi connectivity index (χ4v) is 11.0. The standard InChI is InChI=1S/C50H62N8O6S2/c1-49(2)41(55-45(65-49)39(43(61)51-31-35-23-15-9-16-24-35)53-37(59)29-33-19-11-7-12-20-33)47(63)57(5)27-28-58(6)48(64)42-50(3,4)66-46(56-42)40(44(62)52-32-36-25-17-10-18-26-36)54-38(60)30-34-21-13-8-14-22-34/h7-26,39-42,45-46,55-56H,27-32H2,1-6H3,(H,51,61)(H,52,62)(H,53,59)(H,54,60)/t39-,40-,41+,42+,45-,46-/m1/s1. The number of nitrogens with one attached hydrogen (secondary N) is 6. The van der Waals surface area contributed by atoms with Gasteiger partial charge in [-0.05, 0) is 49.9 Å². The van der Waals surface area contributed by atoms with Crippen LogP contribution in [-0.2, 0) is 54.7 Å². The van der Waals surface area contributed by atoms with E-state index >= 15 is 0 Å². The van der Waals surface area contributed by atoms with Crippen molar-refractivity contribution in [2.75, 3.05) is 27.2 Å². The second-order valence-electron chi connectivity index (χ2n) is 17.8. The first kappa shape index (κ1) is 49.7. The van der Waals surface area contributed by atoms with E-state index in [0.29, 0.717) is 0 Å². The van der Waals surface area contributed by atoms with Crippen molar-refractivity contribution in [2.45, 2.75) is 98.0 Å². The zero-order valence-electron chi connectivity index (χ0n) is 38.4. The Morgan fingerprint density at radius 2 is 0.818 bits per heavy atom. The highest BCUT2D eigenvalue weighted by molar-refractivity contribution is 8.01. The summed E-state index contributed by atoms with van der Waals surface area (Å²) in [5.41, 5.74) is 3.43. The summed E-state index contributed by atoms with van der Waals surface area (Å²) in [6.45, 7) is 8.70. The molecular formula is C50H62N8O6S2. The van der Waals surface area contributed by atoms with Gasteiger partial charge in [-0.1, -0.05) is 121 Å². The minimum atomic E-state index is -0.989. The molecule has 0 bridgehead atoms. The summed E-state index contributed by atoms with van der Waals surface area (Å²) >= 11 is 2.84. The lowest BCUT2D eigenvalue weighted by Crippen LogP contribution is -2.59. The molecule has 0 saturated carbocycles. The Hall–Kier alpha value is -5.68. The van der Waals surface area contributed by atoms with Crippen molar-refractivity contribution in [1.29, 1.82) is 0 Å². The maximum absolute atomic E-state index is 14.2. The highest BCUT2D eigenvalue weighted by Crippen LogP contribution is 2.41. The summed E-state index contributed by atoms with van der Waals surface area (Å²) in [6.07, 6.45) is 0.175. The molecule has 2 fully saturated rings. The highest BCUT2D eigenvalue weighted by Gasteiger charge is 2.51. The molecule has 6 atom stereocenters. The Labute approximate surface area is 396 Å². The van der Waals surface area contributed by atoms with Gasteiger partial charge in [-0.2, -0.15) is 0 Å². The van der Waals surface area contributed by atoms with Crippen LogP contribution in [0, 0.1) is 0 Å². The normalized spacial score (nSPS) is 20.3. The van der Waals surface area contributed by atoms with Crippen LogP contribution in [0.4, 0.5) is 0 Å². The van der Waals surface area contributed by atoms with Crippen molar-refractivity contribution < 1.29 is 28.8 Å². The molecule has 4 aromatic carbocycles. The van der Waals surface area contributed by atoms with Crippen LogP contribution < -0.4 is 31.9 Å². The molecule has 2 heterocycles. The fraction of sp³-hybridized carbons (Fsp3) is 0.400. The number of rotatable bonds is 19. The van der Waals surface area contributed by atoms with Gasteiger partial charge in [-0.3, -0.25) is 39.4 Å². The van der Waals surface area contributed by atoms with Crippen LogP contribution in [0.3, 0.4) is 0 Å². The van der Waals surface area contributed by atoms with Crippen LogP contribution in [0.15, 0.2) is 121 Å². The molecule has 2 saturated heterocycles. The molecule has 0 aliphatic carbocycles. The Morgan fingerprint density at radius 3 is 1.14 bits per heavy atom. The summed E-state index contributed by atoms with van der Waals surface area (Å²) < 4.78 is -1.35. The lowest BCUT2D eigenvalue weighted by Gasteiger charge is -2.32. The van der Waals surface area contributed by atoms with E-state index in [4.69, 9.17) is 0 Å². The van der Waals surface area contributed by atoms with Crippen molar-refractivity contribution in [2.24, 2.45) is 0 Å². The van der Waals surface area contributed by atoms with E-state index < -0.39 is 44.4 Å². The molecule has 0 spiro atoms. The topological polar surface area (TPSA) is 181 Å². The minimum Gasteiger partial charge on any atom is -0.350 e. The van der Waals surface area contributed by atoms with Crippen LogP contribution in [-0.4, -0.2) is 117 Å². The number of thioether (sulfide) groups is 2. The molecule has 6 amide bonds. The molecule has 2 aliphatic heterocycles. The van der Waals surface area contributed by atoms with Crippen molar-refractivity contribution in [3.63, 3.8) is 0 Å². The number of hydrogen-bond acceptors (Lipinski definition) is 10. The lowest BCUT2D eigenvalue weighted by molar-refractivity contribution is -0.136. The number of carbonyl (C=O) groups is 6. The Kier molecular flexibility index (Phi) is 17.1. The predicted molar refractivity (Wildman–Crippen MR) is 261 cm³/mol. The second kappa shape index (κ2) is 22.7. The van der Waals surface area contributed by atoms with Crippen molar-refractivity contribution in [3.05, 3.63) is 144 Å². The van der Waals surface area contributed by atoms with Gasteiger partial charge in [0.1, 0.15) is 24.2 Å². The van der Waals surface area contributed by atoms with Gasteiger partial charge in [-0.15, -0.1) is 23.5 Å². The number of amides is 6. The molecule has 16 heteroatoms. The van der Waals surface area contributed by atoms with Crippen LogP contribution in [0.1, 0.15) is 49.9 Å². The van der Waals surface area contributed by atoms with E-state index in [0.717, 1.165) is 22.3 Å². The molecule has 6 rings (SSSR count). The van der Waals surface area contributed by atoms with Crippen LogP contribution >= 0.6 is 23.5 Å². The Balaban J connectivity index is 1.08. The average Bonchev–Trinajstić information content (AvgIpc) is 3.81. The number of benzene rings is 4. The van der Waals surface area contributed by atoms with E-state index in [2.05, 4.69) is 31.9 Å². The van der Waals surface area contributed by atoms with Gasteiger partial charge in [0, 0.05) is 49.8 Å². The zero-order chi connectivity index (χ0) is 47.4. The average molecular weight is 935 g/mol. The minimum absolute atomic E-state index is 0.0876. The van der Waals surface area contributed by atoms with Gasteiger partial charge < -0.3 is 31.1 Å². The molecular weight excluding hydrogens is 873 g/mol. The number of nitrogens with zero attached hydrogens (tertiary/aromatic N) is 2. The molecule has 0 unspecified atom stereocenters. The van der Waals surface area contributed by atoms with E-state index in [1.807, 2.05) is 149 Å². The van der Waals surface area contributed by atoms with Crippen LogP contribution in [0.5, 0.6) is 0 Å². The van der Waals surface area contributed by atoms with Crippen molar-refractivity contribution >= 4 is 59.0 Å². The molecule has 6 N–H and O–H groups in total. The molecule has 66 heavy (non-hydrogen) atoms. The molecule has 350 valence electrons. The van der Waals surface area contributed by atoms with Crippen LogP contribution in [0.25, 0.3) is 0 Å². The number of carbonyl (C=O) groups excluding carboxylic acids is 6. The lowest BCUT2D eigenvalue weighted by atomic mass is 10.0. The van der Waals surface area contributed by atoms with E-state index in [1.54, 1.807) is 23.9 Å². The molecule has 2 aliphatic rings. The third-order valence-electron chi connectivity index (χ3n) is 11.8. The first-order valence-corrected chi connectivity index (χ1v) is 23.9. The molecule has 4 aromatic rings.